The van der Waals surface area contributed by atoms with Gasteiger partial charge in [-0.1, -0.05) is 23.7 Å². The van der Waals surface area contributed by atoms with Crippen LogP contribution in [0, 0.1) is 0 Å². The van der Waals surface area contributed by atoms with Crippen LogP contribution in [-0.4, -0.2) is 18.0 Å². The van der Waals surface area contributed by atoms with Gasteiger partial charge in [-0.3, -0.25) is 0 Å². The smallest absolute Gasteiger partial charge is 0.119 e. The van der Waals surface area contributed by atoms with Crippen LogP contribution in [0.4, 0.5) is 5.69 Å². The molecule has 0 heterocycles. The number of nitrogen functional groups attached to an aromatic ring is 1. The minimum absolute atomic E-state index is 0.513. The standard InChI is InChI=1S/C15H16ClNO2S/c1-19-12-4-2-3-10(7-12)14(18)9-20-15-6-5-11(16)8-13(15)17/h2-8,14,18H,9,17H2,1H3. The van der Waals surface area contributed by atoms with E-state index >= 15 is 0 Å². The van der Waals surface area contributed by atoms with Crippen LogP contribution in [0.3, 0.4) is 0 Å². The van der Waals surface area contributed by atoms with Crippen LogP contribution in [0.2, 0.25) is 5.02 Å². The Morgan fingerprint density at radius 2 is 2.10 bits per heavy atom. The van der Waals surface area contributed by atoms with E-state index in [1.165, 1.54) is 11.8 Å². The van der Waals surface area contributed by atoms with Crippen molar-refractivity contribution in [2.75, 3.05) is 18.6 Å². The topological polar surface area (TPSA) is 55.5 Å². The Kier molecular flexibility index (Phi) is 5.17. The lowest BCUT2D eigenvalue weighted by Gasteiger charge is -2.13. The Morgan fingerprint density at radius 1 is 1.30 bits per heavy atom. The molecule has 0 fully saturated rings. The van der Waals surface area contributed by atoms with Gasteiger partial charge < -0.3 is 15.6 Å². The molecule has 1 unspecified atom stereocenters. The molecule has 106 valence electrons. The fourth-order valence-corrected chi connectivity index (χ4v) is 2.86. The average molecular weight is 310 g/mol. The molecule has 5 heteroatoms. The largest absolute Gasteiger partial charge is 0.497 e. The number of hydrogen-bond donors (Lipinski definition) is 2. The molecule has 2 aromatic rings. The Labute approximate surface area is 127 Å². The van der Waals surface area contributed by atoms with E-state index in [4.69, 9.17) is 22.1 Å². The lowest BCUT2D eigenvalue weighted by atomic mass is 10.1. The van der Waals surface area contributed by atoms with Gasteiger partial charge in [-0.05, 0) is 35.9 Å². The van der Waals surface area contributed by atoms with Gasteiger partial charge >= 0.3 is 0 Å². The van der Waals surface area contributed by atoms with Crippen LogP contribution in [-0.2, 0) is 0 Å². The summed E-state index contributed by atoms with van der Waals surface area (Å²) in [5.74, 6) is 1.25. The second kappa shape index (κ2) is 6.88. The minimum Gasteiger partial charge on any atom is -0.497 e. The first-order valence-corrected chi connectivity index (χ1v) is 7.46. The lowest BCUT2D eigenvalue weighted by molar-refractivity contribution is 0.203. The number of nitrogens with two attached hydrogens (primary N) is 1. The van der Waals surface area contributed by atoms with Gasteiger partial charge in [-0.15, -0.1) is 11.8 Å². The SMILES string of the molecule is COc1cccc(C(O)CSc2ccc(Cl)cc2N)c1. The first-order valence-electron chi connectivity index (χ1n) is 6.10. The molecule has 3 N–H and O–H groups in total. The van der Waals surface area contributed by atoms with Crippen molar-refractivity contribution in [2.24, 2.45) is 0 Å². The number of hydrogen-bond acceptors (Lipinski definition) is 4. The first kappa shape index (κ1) is 15.0. The molecule has 1 atom stereocenters. The molecular formula is C15H16ClNO2S. The van der Waals surface area contributed by atoms with Crippen LogP contribution in [0.5, 0.6) is 5.75 Å². The number of methoxy groups -OCH3 is 1. The summed E-state index contributed by atoms with van der Waals surface area (Å²) < 4.78 is 5.15. The summed E-state index contributed by atoms with van der Waals surface area (Å²) in [7, 11) is 1.61. The summed E-state index contributed by atoms with van der Waals surface area (Å²) >= 11 is 7.35. The molecule has 2 aromatic carbocycles. The highest BCUT2D eigenvalue weighted by atomic mass is 35.5. The van der Waals surface area contributed by atoms with E-state index in [1.54, 1.807) is 19.2 Å². The Morgan fingerprint density at radius 3 is 2.80 bits per heavy atom. The van der Waals surface area contributed by atoms with Crippen molar-refractivity contribution in [1.29, 1.82) is 0 Å². The van der Waals surface area contributed by atoms with Gasteiger partial charge in [0.2, 0.25) is 0 Å². The first-order chi connectivity index (χ1) is 9.60. The molecule has 0 saturated carbocycles. The Hall–Kier alpha value is -1.36. The molecule has 0 aliphatic carbocycles. The molecule has 0 aromatic heterocycles. The number of anilines is 1. The third-order valence-electron chi connectivity index (χ3n) is 2.85. The molecule has 2 rings (SSSR count). The van der Waals surface area contributed by atoms with E-state index in [0.29, 0.717) is 16.5 Å². The summed E-state index contributed by atoms with van der Waals surface area (Å²) in [5, 5.41) is 10.8. The number of ether oxygens (including phenoxy) is 1. The molecule has 0 spiro atoms. The molecule has 20 heavy (non-hydrogen) atoms. The van der Waals surface area contributed by atoms with Gasteiger partial charge in [0, 0.05) is 21.4 Å². The fraction of sp³-hybridized carbons (Fsp3) is 0.200. The van der Waals surface area contributed by atoms with Crippen LogP contribution in [0.15, 0.2) is 47.4 Å². The van der Waals surface area contributed by atoms with Gasteiger partial charge in [0.05, 0.1) is 13.2 Å². The van der Waals surface area contributed by atoms with Crippen LogP contribution in [0.1, 0.15) is 11.7 Å². The van der Waals surface area contributed by atoms with Gasteiger partial charge in [0.1, 0.15) is 5.75 Å². The van der Waals surface area contributed by atoms with Gasteiger partial charge in [0.15, 0.2) is 0 Å². The van der Waals surface area contributed by atoms with Crippen molar-refractivity contribution in [3.63, 3.8) is 0 Å². The average Bonchev–Trinajstić information content (AvgIpc) is 2.46. The number of thioether (sulfide) groups is 1. The summed E-state index contributed by atoms with van der Waals surface area (Å²) in [5.41, 5.74) is 7.33. The maximum absolute atomic E-state index is 10.2. The highest BCUT2D eigenvalue weighted by Gasteiger charge is 2.10. The zero-order valence-corrected chi connectivity index (χ0v) is 12.6. The number of aliphatic hydroxyl groups excluding tert-OH is 1. The van der Waals surface area contributed by atoms with Crippen molar-refractivity contribution < 1.29 is 9.84 Å². The zero-order chi connectivity index (χ0) is 14.5. The molecule has 0 aliphatic rings. The second-order valence-corrected chi connectivity index (χ2v) is 5.78. The van der Waals surface area contributed by atoms with Crippen molar-refractivity contribution >= 4 is 29.1 Å². The quantitative estimate of drug-likeness (QED) is 0.652. The Balaban J connectivity index is 2.02. The third-order valence-corrected chi connectivity index (χ3v) is 4.25. The molecule has 0 amide bonds. The van der Waals surface area contributed by atoms with Gasteiger partial charge in [0.25, 0.3) is 0 Å². The van der Waals surface area contributed by atoms with Crippen LogP contribution in [0.25, 0.3) is 0 Å². The van der Waals surface area contributed by atoms with Crippen molar-refractivity contribution in [1.82, 2.24) is 0 Å². The van der Waals surface area contributed by atoms with Crippen molar-refractivity contribution in [3.05, 3.63) is 53.1 Å². The molecular weight excluding hydrogens is 294 g/mol. The molecule has 0 aliphatic heterocycles. The van der Waals surface area contributed by atoms with Crippen molar-refractivity contribution in [2.45, 2.75) is 11.0 Å². The van der Waals surface area contributed by atoms with Gasteiger partial charge in [-0.25, -0.2) is 0 Å². The number of benzene rings is 2. The lowest BCUT2D eigenvalue weighted by Crippen LogP contribution is -2.01. The van der Waals surface area contributed by atoms with Crippen molar-refractivity contribution in [3.8, 4) is 5.75 Å². The van der Waals surface area contributed by atoms with Crippen LogP contribution >= 0.6 is 23.4 Å². The molecule has 0 radical (unpaired) electrons. The fourth-order valence-electron chi connectivity index (χ4n) is 1.76. The van der Waals surface area contributed by atoms with E-state index in [0.717, 1.165) is 16.2 Å². The second-order valence-electron chi connectivity index (χ2n) is 4.29. The summed E-state index contributed by atoms with van der Waals surface area (Å²) in [6.07, 6.45) is -0.579. The summed E-state index contributed by atoms with van der Waals surface area (Å²) in [6, 6.07) is 12.8. The van der Waals surface area contributed by atoms with Crippen LogP contribution < -0.4 is 10.5 Å². The number of aliphatic hydroxyl groups is 1. The zero-order valence-electron chi connectivity index (χ0n) is 11.0. The predicted octanol–water partition coefficient (Wildman–Crippen LogP) is 3.76. The van der Waals surface area contributed by atoms with E-state index in [-0.39, 0.29) is 0 Å². The third kappa shape index (κ3) is 3.82. The highest BCUT2D eigenvalue weighted by molar-refractivity contribution is 7.99. The predicted molar refractivity (Wildman–Crippen MR) is 84.5 cm³/mol. The number of rotatable bonds is 5. The molecule has 0 bridgehead atoms. The van der Waals surface area contributed by atoms with E-state index in [1.807, 2.05) is 30.3 Å². The summed E-state index contributed by atoms with van der Waals surface area (Å²) in [4.78, 5) is 0.913. The van der Waals surface area contributed by atoms with E-state index < -0.39 is 6.10 Å². The maximum atomic E-state index is 10.2. The normalized spacial score (nSPS) is 12.2. The summed E-state index contributed by atoms with van der Waals surface area (Å²) in [6.45, 7) is 0. The number of halogens is 1. The van der Waals surface area contributed by atoms with Gasteiger partial charge in [-0.2, -0.15) is 0 Å². The van der Waals surface area contributed by atoms with E-state index in [9.17, 15) is 5.11 Å². The Bertz CT molecular complexity index is 592. The minimum atomic E-state index is -0.579. The molecule has 0 saturated heterocycles. The molecule has 3 nitrogen and oxygen atoms in total. The maximum Gasteiger partial charge on any atom is 0.119 e. The highest BCUT2D eigenvalue weighted by Crippen LogP contribution is 2.31. The monoisotopic (exact) mass is 309 g/mol. The van der Waals surface area contributed by atoms with E-state index in [2.05, 4.69) is 0 Å².